The Bertz CT molecular complexity index is 692. The Balaban J connectivity index is 2.03. The summed E-state index contributed by atoms with van der Waals surface area (Å²) in [5.74, 6) is 1.86. The Labute approximate surface area is 169 Å². The lowest BCUT2D eigenvalue weighted by molar-refractivity contribution is 0.224. The second-order valence-electron chi connectivity index (χ2n) is 6.59. The first-order chi connectivity index (χ1) is 13.7. The maximum absolute atomic E-state index is 4.88. The minimum Gasteiger partial charge on any atom is -0.357 e. The van der Waals surface area contributed by atoms with E-state index in [1.165, 1.54) is 5.56 Å². The molecular formula is C21H35N7. The van der Waals surface area contributed by atoms with Crippen LogP contribution in [0, 0.1) is 0 Å². The van der Waals surface area contributed by atoms with Gasteiger partial charge < -0.3 is 15.2 Å². The highest BCUT2D eigenvalue weighted by molar-refractivity contribution is 5.79. The summed E-state index contributed by atoms with van der Waals surface area (Å²) in [7, 11) is 0. The Morgan fingerprint density at radius 2 is 1.86 bits per heavy atom. The molecule has 0 radical (unpaired) electrons. The van der Waals surface area contributed by atoms with E-state index in [1.54, 1.807) is 6.33 Å². The molecule has 7 heteroatoms. The minimum atomic E-state index is 0.274. The van der Waals surface area contributed by atoms with Crippen LogP contribution >= 0.6 is 0 Å². The molecule has 28 heavy (non-hydrogen) atoms. The van der Waals surface area contributed by atoms with Crippen LogP contribution < -0.4 is 10.6 Å². The fourth-order valence-corrected chi connectivity index (χ4v) is 3.33. The number of likely N-dealkylation sites (N-methyl/N-ethyl adjacent to an activating group) is 1. The molecule has 154 valence electrons. The van der Waals surface area contributed by atoms with Gasteiger partial charge in [0, 0.05) is 26.1 Å². The first-order valence-electron chi connectivity index (χ1n) is 10.4. The van der Waals surface area contributed by atoms with Crippen molar-refractivity contribution in [1.29, 1.82) is 0 Å². The molecule has 2 N–H and O–H groups in total. The lowest BCUT2D eigenvalue weighted by Crippen LogP contribution is -2.40. The summed E-state index contributed by atoms with van der Waals surface area (Å²) in [6.45, 7) is 13.7. The minimum absolute atomic E-state index is 0.274. The second-order valence-corrected chi connectivity index (χ2v) is 6.59. The van der Waals surface area contributed by atoms with E-state index >= 15 is 0 Å². The molecule has 1 atom stereocenters. The van der Waals surface area contributed by atoms with E-state index in [0.29, 0.717) is 6.54 Å². The van der Waals surface area contributed by atoms with Crippen molar-refractivity contribution in [2.24, 2.45) is 4.99 Å². The molecule has 0 spiro atoms. The Kier molecular flexibility index (Phi) is 9.48. The van der Waals surface area contributed by atoms with E-state index in [-0.39, 0.29) is 6.04 Å². The van der Waals surface area contributed by atoms with E-state index in [2.05, 4.69) is 88.3 Å². The molecule has 1 unspecified atom stereocenters. The normalized spacial score (nSPS) is 13.0. The summed E-state index contributed by atoms with van der Waals surface area (Å²) in [5.41, 5.74) is 1.31. The fourth-order valence-electron chi connectivity index (χ4n) is 3.33. The maximum atomic E-state index is 4.88. The number of aliphatic imine (C=N–C) groups is 1. The molecule has 0 fully saturated rings. The number of rotatable bonds is 11. The van der Waals surface area contributed by atoms with Crippen LogP contribution in [0.2, 0.25) is 0 Å². The molecule has 0 saturated carbocycles. The third-order valence-corrected chi connectivity index (χ3v) is 4.86. The molecule has 0 amide bonds. The van der Waals surface area contributed by atoms with E-state index in [9.17, 15) is 0 Å². The molecule has 0 aliphatic carbocycles. The molecule has 2 rings (SSSR count). The third-order valence-electron chi connectivity index (χ3n) is 4.86. The summed E-state index contributed by atoms with van der Waals surface area (Å²) in [6.07, 6.45) is 2.67. The van der Waals surface area contributed by atoms with Gasteiger partial charge in [0.2, 0.25) is 0 Å². The lowest BCUT2D eigenvalue weighted by atomic mass is 10.1. The summed E-state index contributed by atoms with van der Waals surface area (Å²) in [4.78, 5) is 7.33. The van der Waals surface area contributed by atoms with Crippen LogP contribution in [-0.2, 0) is 13.0 Å². The first-order valence-corrected chi connectivity index (χ1v) is 10.4. The molecule has 7 nitrogen and oxygen atoms in total. The molecule has 1 aromatic heterocycles. The summed E-state index contributed by atoms with van der Waals surface area (Å²) < 4.78 is 2.08. The highest BCUT2D eigenvalue weighted by Gasteiger charge is 2.17. The van der Waals surface area contributed by atoms with Crippen LogP contribution in [0.1, 0.15) is 45.1 Å². The average molecular weight is 386 g/mol. The van der Waals surface area contributed by atoms with Crippen molar-refractivity contribution in [2.45, 2.75) is 46.7 Å². The van der Waals surface area contributed by atoms with E-state index in [4.69, 9.17) is 4.99 Å². The smallest absolute Gasteiger partial charge is 0.191 e. The van der Waals surface area contributed by atoms with Crippen LogP contribution in [0.25, 0.3) is 0 Å². The number of benzene rings is 1. The van der Waals surface area contributed by atoms with Gasteiger partial charge in [0.25, 0.3) is 0 Å². The molecule has 0 aliphatic rings. The number of nitrogens with one attached hydrogen (secondary N) is 2. The quantitative estimate of drug-likeness (QED) is 0.459. The van der Waals surface area contributed by atoms with E-state index in [0.717, 1.165) is 50.9 Å². The molecule has 1 aromatic carbocycles. The predicted molar refractivity (Wildman–Crippen MR) is 115 cm³/mol. The van der Waals surface area contributed by atoms with Gasteiger partial charge in [-0.05, 0) is 25.6 Å². The SMILES string of the molecule is CCNC(=NCC(c1ccccc1)N(CC)CC)NCCn1cnnc1CC. The van der Waals surface area contributed by atoms with Crippen LogP contribution in [0.3, 0.4) is 0 Å². The number of guanidine groups is 1. The van der Waals surface area contributed by atoms with Crippen LogP contribution in [0.15, 0.2) is 41.7 Å². The second kappa shape index (κ2) is 12.1. The van der Waals surface area contributed by atoms with Crippen LogP contribution in [0.5, 0.6) is 0 Å². The molecular weight excluding hydrogens is 350 g/mol. The van der Waals surface area contributed by atoms with Gasteiger partial charge in [-0.15, -0.1) is 10.2 Å². The van der Waals surface area contributed by atoms with Crippen LogP contribution in [-0.4, -0.2) is 58.3 Å². The lowest BCUT2D eigenvalue weighted by Gasteiger charge is -2.29. The predicted octanol–water partition coefficient (Wildman–Crippen LogP) is 2.48. The van der Waals surface area contributed by atoms with Gasteiger partial charge in [0.1, 0.15) is 12.2 Å². The van der Waals surface area contributed by atoms with Crippen molar-refractivity contribution < 1.29 is 0 Å². The van der Waals surface area contributed by atoms with Crippen molar-refractivity contribution in [3.8, 4) is 0 Å². The van der Waals surface area contributed by atoms with Crippen molar-refractivity contribution in [3.05, 3.63) is 48.0 Å². The van der Waals surface area contributed by atoms with Crippen molar-refractivity contribution >= 4 is 5.96 Å². The Morgan fingerprint density at radius 1 is 1.11 bits per heavy atom. The molecule has 0 bridgehead atoms. The number of aryl methyl sites for hydroxylation is 1. The largest absolute Gasteiger partial charge is 0.357 e. The van der Waals surface area contributed by atoms with Gasteiger partial charge in [-0.1, -0.05) is 51.1 Å². The standard InChI is InChI=1S/C21H35N7/c1-5-20-26-25-17-28(20)15-14-23-21(22-6-2)24-16-19(27(7-3)8-4)18-12-10-9-11-13-18/h9-13,17,19H,5-8,14-16H2,1-4H3,(H2,22,23,24). The van der Waals surface area contributed by atoms with Gasteiger partial charge in [-0.3, -0.25) is 9.89 Å². The molecule has 2 aromatic rings. The molecule has 1 heterocycles. The van der Waals surface area contributed by atoms with Crippen molar-refractivity contribution in [1.82, 2.24) is 30.3 Å². The van der Waals surface area contributed by atoms with Gasteiger partial charge in [0.05, 0.1) is 12.6 Å². The summed E-state index contributed by atoms with van der Waals surface area (Å²) >= 11 is 0. The number of hydrogen-bond acceptors (Lipinski definition) is 4. The van der Waals surface area contributed by atoms with E-state index < -0.39 is 0 Å². The van der Waals surface area contributed by atoms with Gasteiger partial charge in [0.15, 0.2) is 5.96 Å². The summed E-state index contributed by atoms with van der Waals surface area (Å²) in [5, 5.41) is 14.9. The number of nitrogens with zero attached hydrogens (tertiary/aromatic N) is 5. The highest BCUT2D eigenvalue weighted by atomic mass is 15.3. The van der Waals surface area contributed by atoms with Crippen LogP contribution in [0.4, 0.5) is 0 Å². The van der Waals surface area contributed by atoms with E-state index in [1.807, 2.05) is 0 Å². The molecule has 0 aliphatic heterocycles. The van der Waals surface area contributed by atoms with Gasteiger partial charge in [-0.25, -0.2) is 0 Å². The van der Waals surface area contributed by atoms with Gasteiger partial charge >= 0.3 is 0 Å². The number of hydrogen-bond donors (Lipinski definition) is 2. The monoisotopic (exact) mass is 385 g/mol. The summed E-state index contributed by atoms with van der Waals surface area (Å²) in [6, 6.07) is 10.9. The van der Waals surface area contributed by atoms with Crippen molar-refractivity contribution in [3.63, 3.8) is 0 Å². The maximum Gasteiger partial charge on any atom is 0.191 e. The first kappa shape index (κ1) is 21.9. The molecule has 0 saturated heterocycles. The van der Waals surface area contributed by atoms with Gasteiger partial charge in [-0.2, -0.15) is 0 Å². The zero-order valence-corrected chi connectivity index (χ0v) is 17.7. The van der Waals surface area contributed by atoms with Crippen molar-refractivity contribution in [2.75, 3.05) is 32.7 Å². The topological polar surface area (TPSA) is 70.4 Å². The third kappa shape index (κ3) is 6.34. The zero-order chi connectivity index (χ0) is 20.2. The average Bonchev–Trinajstić information content (AvgIpc) is 3.19. The Hall–Kier alpha value is -2.41. The number of aromatic nitrogens is 3. The Morgan fingerprint density at radius 3 is 2.50 bits per heavy atom. The highest BCUT2D eigenvalue weighted by Crippen LogP contribution is 2.20. The fraction of sp³-hybridized carbons (Fsp3) is 0.571. The zero-order valence-electron chi connectivity index (χ0n) is 17.7.